The summed E-state index contributed by atoms with van der Waals surface area (Å²) in [6.07, 6.45) is 1.69. The van der Waals surface area contributed by atoms with Crippen LogP contribution in [-0.2, 0) is 11.3 Å². The molecule has 0 saturated carbocycles. The van der Waals surface area contributed by atoms with Crippen LogP contribution in [0.3, 0.4) is 0 Å². The molecule has 0 aliphatic carbocycles. The third kappa shape index (κ3) is 5.57. The van der Waals surface area contributed by atoms with Crippen molar-refractivity contribution in [2.24, 2.45) is 0 Å². The lowest BCUT2D eigenvalue weighted by Gasteiger charge is -2.22. The maximum Gasteiger partial charge on any atom is 0.266 e. The number of hydrogen-bond donors (Lipinski definition) is 0. The molecule has 5 heteroatoms. The van der Waals surface area contributed by atoms with Crippen molar-refractivity contribution in [3.63, 3.8) is 0 Å². The molecule has 0 N–H and O–H groups in total. The van der Waals surface area contributed by atoms with Crippen molar-refractivity contribution in [1.82, 2.24) is 4.98 Å². The fraction of sp³-hybridized carbons (Fsp3) is 0.250. The minimum absolute atomic E-state index is 0.0464. The Morgan fingerprint density at radius 1 is 0.966 bits per heavy atom. The van der Waals surface area contributed by atoms with Crippen molar-refractivity contribution in [2.45, 2.75) is 20.4 Å². The summed E-state index contributed by atoms with van der Waals surface area (Å²) in [5.41, 5.74) is 4.36. The molecule has 1 amide bonds. The van der Waals surface area contributed by atoms with Gasteiger partial charge in [-0.05, 0) is 66.9 Å². The van der Waals surface area contributed by atoms with Crippen molar-refractivity contribution < 1.29 is 9.53 Å². The molecule has 3 rings (SSSR count). The molecule has 5 nitrogen and oxygen atoms in total. The highest BCUT2D eigenvalue weighted by atomic mass is 16.5. The Morgan fingerprint density at radius 2 is 1.66 bits per heavy atom. The van der Waals surface area contributed by atoms with E-state index in [0.29, 0.717) is 18.1 Å². The maximum absolute atomic E-state index is 13.0. The minimum Gasteiger partial charge on any atom is -0.484 e. The molecule has 0 fully saturated rings. The van der Waals surface area contributed by atoms with Crippen LogP contribution in [0.1, 0.15) is 16.7 Å². The lowest BCUT2D eigenvalue weighted by atomic mass is 10.1. The highest BCUT2D eigenvalue weighted by Crippen LogP contribution is 2.19. The van der Waals surface area contributed by atoms with Crippen LogP contribution in [0.5, 0.6) is 5.75 Å². The molecular weight excluding hydrogens is 362 g/mol. The molecule has 0 saturated heterocycles. The number of amides is 1. The lowest BCUT2D eigenvalue weighted by Crippen LogP contribution is -2.35. The number of benzene rings is 2. The molecule has 0 atom stereocenters. The Bertz CT molecular complexity index is 933. The molecule has 150 valence electrons. The number of aromatic nitrogens is 1. The third-order valence-corrected chi connectivity index (χ3v) is 4.58. The van der Waals surface area contributed by atoms with Gasteiger partial charge in [-0.2, -0.15) is 0 Å². The zero-order valence-electron chi connectivity index (χ0n) is 17.4. The van der Waals surface area contributed by atoms with Gasteiger partial charge in [-0.1, -0.05) is 24.3 Å². The Labute approximate surface area is 172 Å². The van der Waals surface area contributed by atoms with Crippen LogP contribution >= 0.6 is 0 Å². The maximum atomic E-state index is 13.0. The van der Waals surface area contributed by atoms with Gasteiger partial charge in [0.2, 0.25) is 0 Å². The largest absolute Gasteiger partial charge is 0.484 e. The average Bonchev–Trinajstić information content (AvgIpc) is 2.70. The number of carbonyl (C=O) groups excluding carboxylic acids is 1. The van der Waals surface area contributed by atoms with Gasteiger partial charge in [-0.3, -0.25) is 9.69 Å². The Morgan fingerprint density at radius 3 is 2.24 bits per heavy atom. The topological polar surface area (TPSA) is 45.7 Å². The van der Waals surface area contributed by atoms with Gasteiger partial charge >= 0.3 is 0 Å². The molecule has 0 radical (unpaired) electrons. The Balaban J connectivity index is 1.77. The number of pyridine rings is 1. The van der Waals surface area contributed by atoms with E-state index in [1.807, 2.05) is 87.4 Å². The van der Waals surface area contributed by atoms with E-state index >= 15 is 0 Å². The van der Waals surface area contributed by atoms with E-state index in [1.54, 1.807) is 11.1 Å². The van der Waals surface area contributed by atoms with E-state index in [-0.39, 0.29) is 12.5 Å². The van der Waals surface area contributed by atoms with Crippen molar-refractivity contribution in [3.05, 3.63) is 83.6 Å². The first-order chi connectivity index (χ1) is 13.9. The summed E-state index contributed by atoms with van der Waals surface area (Å²) in [6, 6.07) is 19.6. The molecular formula is C24H27N3O2. The second-order valence-electron chi connectivity index (χ2n) is 7.34. The summed E-state index contributed by atoms with van der Waals surface area (Å²) >= 11 is 0. The highest BCUT2D eigenvalue weighted by molar-refractivity contribution is 5.93. The number of carbonyl (C=O) groups is 1. The SMILES string of the molecule is Cc1cc(C)cc(OCC(=O)N(Cc2ccc(N(C)C)cc2)c2ccccn2)c1. The van der Waals surface area contributed by atoms with Crippen molar-refractivity contribution in [1.29, 1.82) is 0 Å². The summed E-state index contributed by atoms with van der Waals surface area (Å²) < 4.78 is 5.79. The lowest BCUT2D eigenvalue weighted by molar-refractivity contribution is -0.120. The summed E-state index contributed by atoms with van der Waals surface area (Å²) in [5.74, 6) is 1.17. The molecule has 0 aliphatic heterocycles. The fourth-order valence-corrected chi connectivity index (χ4v) is 3.13. The van der Waals surface area contributed by atoms with Gasteiger partial charge in [0.15, 0.2) is 6.61 Å². The van der Waals surface area contributed by atoms with E-state index in [1.165, 1.54) is 0 Å². The number of nitrogens with zero attached hydrogens (tertiary/aromatic N) is 3. The molecule has 2 aromatic carbocycles. The number of anilines is 2. The Kier molecular flexibility index (Phi) is 6.50. The zero-order valence-corrected chi connectivity index (χ0v) is 17.4. The van der Waals surface area contributed by atoms with Crippen molar-refractivity contribution in [3.8, 4) is 5.75 Å². The summed E-state index contributed by atoms with van der Waals surface area (Å²) in [7, 11) is 4.01. The van der Waals surface area contributed by atoms with Crippen LogP contribution in [0.2, 0.25) is 0 Å². The summed E-state index contributed by atoms with van der Waals surface area (Å²) in [6.45, 7) is 4.41. The standard InChI is InChI=1S/C24H27N3O2/c1-18-13-19(2)15-22(14-18)29-17-24(28)27(23-7-5-6-12-25-23)16-20-8-10-21(11-9-20)26(3)4/h5-15H,16-17H2,1-4H3. The van der Waals surface area contributed by atoms with Gasteiger partial charge in [0, 0.05) is 26.0 Å². The van der Waals surface area contributed by atoms with Gasteiger partial charge in [0.05, 0.1) is 6.54 Å². The van der Waals surface area contributed by atoms with Crippen LogP contribution in [0.15, 0.2) is 66.9 Å². The van der Waals surface area contributed by atoms with E-state index in [9.17, 15) is 4.79 Å². The van der Waals surface area contributed by atoms with Crippen LogP contribution < -0.4 is 14.5 Å². The van der Waals surface area contributed by atoms with Crippen molar-refractivity contribution >= 4 is 17.4 Å². The molecule has 0 aliphatic rings. The van der Waals surface area contributed by atoms with Crippen LogP contribution in [0, 0.1) is 13.8 Å². The molecule has 1 heterocycles. The molecule has 3 aromatic rings. The first-order valence-electron chi connectivity index (χ1n) is 9.61. The van der Waals surface area contributed by atoms with E-state index < -0.39 is 0 Å². The molecule has 0 unspecified atom stereocenters. The monoisotopic (exact) mass is 389 g/mol. The van der Waals surface area contributed by atoms with Crippen LogP contribution in [0.4, 0.5) is 11.5 Å². The van der Waals surface area contributed by atoms with Crippen LogP contribution in [0.25, 0.3) is 0 Å². The highest BCUT2D eigenvalue weighted by Gasteiger charge is 2.18. The predicted molar refractivity (Wildman–Crippen MR) is 118 cm³/mol. The molecule has 0 spiro atoms. The number of ether oxygens (including phenoxy) is 1. The molecule has 1 aromatic heterocycles. The van der Waals surface area contributed by atoms with E-state index in [0.717, 1.165) is 22.4 Å². The predicted octanol–water partition coefficient (Wildman–Crippen LogP) is 4.38. The third-order valence-electron chi connectivity index (χ3n) is 4.58. The number of aryl methyl sites for hydroxylation is 2. The Hall–Kier alpha value is -3.34. The van der Waals surface area contributed by atoms with Gasteiger partial charge < -0.3 is 9.64 Å². The minimum atomic E-state index is -0.139. The smallest absolute Gasteiger partial charge is 0.266 e. The second kappa shape index (κ2) is 9.24. The summed E-state index contributed by atoms with van der Waals surface area (Å²) in [4.78, 5) is 21.1. The molecule has 0 bridgehead atoms. The number of rotatable bonds is 7. The number of hydrogen-bond acceptors (Lipinski definition) is 4. The van der Waals surface area contributed by atoms with E-state index in [2.05, 4.69) is 11.1 Å². The van der Waals surface area contributed by atoms with Crippen LogP contribution in [-0.4, -0.2) is 31.6 Å². The zero-order chi connectivity index (χ0) is 20.8. The first-order valence-corrected chi connectivity index (χ1v) is 9.61. The quantitative estimate of drug-likeness (QED) is 0.602. The fourth-order valence-electron chi connectivity index (χ4n) is 3.13. The van der Waals surface area contributed by atoms with Crippen molar-refractivity contribution in [2.75, 3.05) is 30.5 Å². The van der Waals surface area contributed by atoms with Gasteiger partial charge in [-0.15, -0.1) is 0 Å². The molecule has 29 heavy (non-hydrogen) atoms. The second-order valence-corrected chi connectivity index (χ2v) is 7.34. The first kappa shape index (κ1) is 20.4. The van der Waals surface area contributed by atoms with Gasteiger partial charge in [0.25, 0.3) is 5.91 Å². The normalized spacial score (nSPS) is 10.5. The van der Waals surface area contributed by atoms with Gasteiger partial charge in [-0.25, -0.2) is 4.98 Å². The van der Waals surface area contributed by atoms with Gasteiger partial charge in [0.1, 0.15) is 11.6 Å². The van der Waals surface area contributed by atoms with E-state index in [4.69, 9.17) is 4.74 Å². The summed E-state index contributed by atoms with van der Waals surface area (Å²) in [5, 5.41) is 0. The average molecular weight is 389 g/mol.